The van der Waals surface area contributed by atoms with Crippen molar-refractivity contribution in [3.63, 3.8) is 0 Å². The Kier molecular flexibility index (Phi) is 4.09. The van der Waals surface area contributed by atoms with E-state index in [1.165, 1.54) is 0 Å². The summed E-state index contributed by atoms with van der Waals surface area (Å²) >= 11 is 0. The quantitative estimate of drug-likeness (QED) is 0.852. The number of aryl methyl sites for hydroxylation is 1. The van der Waals surface area contributed by atoms with Gasteiger partial charge in [0, 0.05) is 32.5 Å². The van der Waals surface area contributed by atoms with Crippen LogP contribution in [0.3, 0.4) is 0 Å². The Hall–Kier alpha value is -1.56. The largest absolute Gasteiger partial charge is 0.396 e. The van der Waals surface area contributed by atoms with Crippen LogP contribution in [-0.2, 0) is 11.3 Å². The molecule has 6 heteroatoms. The van der Waals surface area contributed by atoms with Crippen LogP contribution in [0.4, 0.5) is 5.69 Å². The number of anilines is 1. The third-order valence-corrected chi connectivity index (χ3v) is 3.70. The van der Waals surface area contributed by atoms with Crippen LogP contribution in [0, 0.1) is 5.41 Å². The third-order valence-electron chi connectivity index (χ3n) is 3.70. The van der Waals surface area contributed by atoms with Gasteiger partial charge in [-0.25, -0.2) is 0 Å². The molecule has 1 fully saturated rings. The number of nitrogens with two attached hydrogens (primary N) is 1. The zero-order valence-electron chi connectivity index (χ0n) is 11.6. The summed E-state index contributed by atoms with van der Waals surface area (Å²) in [6.07, 6.45) is 3.61. The number of carbonyl (C=O) groups is 1. The van der Waals surface area contributed by atoms with Gasteiger partial charge in [0.25, 0.3) is 5.91 Å². The van der Waals surface area contributed by atoms with Crippen LogP contribution < -0.4 is 11.1 Å². The lowest BCUT2D eigenvalue weighted by Gasteiger charge is -2.33. The van der Waals surface area contributed by atoms with Gasteiger partial charge in [0.15, 0.2) is 5.69 Å². The molecule has 1 aliphatic rings. The van der Waals surface area contributed by atoms with E-state index in [9.17, 15) is 4.79 Å². The zero-order valence-corrected chi connectivity index (χ0v) is 11.6. The maximum absolute atomic E-state index is 12.1. The van der Waals surface area contributed by atoms with Gasteiger partial charge in [-0.3, -0.25) is 9.48 Å². The van der Waals surface area contributed by atoms with Crippen molar-refractivity contribution < 1.29 is 9.53 Å². The monoisotopic (exact) mass is 266 g/mol. The standard InChI is InChI=1S/C13H22N4O2/c1-3-17-8-10(14)11(16-17)12(18)15-9-13(2)4-6-19-7-5-13/h8H,3-7,9,14H2,1-2H3,(H,15,18). The van der Waals surface area contributed by atoms with Crippen molar-refractivity contribution in [3.05, 3.63) is 11.9 Å². The normalized spacial score (nSPS) is 18.2. The summed E-state index contributed by atoms with van der Waals surface area (Å²) < 4.78 is 7.01. The number of nitrogen functional groups attached to an aromatic ring is 1. The van der Waals surface area contributed by atoms with Crippen molar-refractivity contribution in [2.24, 2.45) is 5.41 Å². The lowest BCUT2D eigenvalue weighted by Crippen LogP contribution is -2.39. The fourth-order valence-corrected chi connectivity index (χ4v) is 2.19. The van der Waals surface area contributed by atoms with Crippen LogP contribution in [-0.4, -0.2) is 35.4 Å². The number of nitrogens with one attached hydrogen (secondary N) is 1. The maximum Gasteiger partial charge on any atom is 0.273 e. The van der Waals surface area contributed by atoms with Gasteiger partial charge in [-0.2, -0.15) is 5.10 Å². The summed E-state index contributed by atoms with van der Waals surface area (Å²) in [5.74, 6) is -0.197. The Balaban J connectivity index is 1.95. The maximum atomic E-state index is 12.1. The molecule has 0 unspecified atom stereocenters. The number of hydrogen-bond acceptors (Lipinski definition) is 4. The van der Waals surface area contributed by atoms with Crippen molar-refractivity contribution in [2.45, 2.75) is 33.2 Å². The Labute approximate surface area is 113 Å². The van der Waals surface area contributed by atoms with E-state index in [1.54, 1.807) is 10.9 Å². The topological polar surface area (TPSA) is 82.2 Å². The number of ether oxygens (including phenoxy) is 1. The fourth-order valence-electron chi connectivity index (χ4n) is 2.19. The molecule has 0 aliphatic carbocycles. The predicted molar refractivity (Wildman–Crippen MR) is 72.8 cm³/mol. The van der Waals surface area contributed by atoms with Crippen LogP contribution in [0.2, 0.25) is 0 Å². The summed E-state index contributed by atoms with van der Waals surface area (Å²) in [5, 5.41) is 7.11. The second-order valence-electron chi connectivity index (χ2n) is 5.39. The highest BCUT2D eigenvalue weighted by Crippen LogP contribution is 2.28. The SMILES string of the molecule is CCn1cc(N)c(C(=O)NCC2(C)CCOCC2)n1. The molecule has 0 atom stereocenters. The average molecular weight is 266 g/mol. The Bertz CT molecular complexity index is 449. The predicted octanol–water partition coefficient (Wildman–Crippen LogP) is 1.03. The van der Waals surface area contributed by atoms with Crippen LogP contribution in [0.5, 0.6) is 0 Å². The summed E-state index contributed by atoms with van der Waals surface area (Å²) in [4.78, 5) is 12.1. The summed E-state index contributed by atoms with van der Waals surface area (Å²) in [6.45, 7) is 6.99. The number of carbonyl (C=O) groups excluding carboxylic acids is 1. The minimum absolute atomic E-state index is 0.107. The smallest absolute Gasteiger partial charge is 0.273 e. The molecule has 0 saturated carbocycles. The molecule has 2 rings (SSSR count). The molecule has 106 valence electrons. The van der Waals surface area contributed by atoms with Gasteiger partial charge < -0.3 is 15.8 Å². The van der Waals surface area contributed by atoms with Crippen LogP contribution in [0.25, 0.3) is 0 Å². The van der Waals surface area contributed by atoms with E-state index in [0.29, 0.717) is 24.5 Å². The van der Waals surface area contributed by atoms with Gasteiger partial charge in [-0.15, -0.1) is 0 Å². The van der Waals surface area contributed by atoms with Gasteiger partial charge in [-0.1, -0.05) is 6.92 Å². The van der Waals surface area contributed by atoms with Gasteiger partial charge in [-0.05, 0) is 25.2 Å². The molecular formula is C13H22N4O2. The molecule has 0 bridgehead atoms. The van der Waals surface area contributed by atoms with E-state index in [1.807, 2.05) is 6.92 Å². The lowest BCUT2D eigenvalue weighted by atomic mass is 9.82. The number of nitrogens with zero attached hydrogens (tertiary/aromatic N) is 2. The van der Waals surface area contributed by atoms with Gasteiger partial charge >= 0.3 is 0 Å². The van der Waals surface area contributed by atoms with E-state index < -0.39 is 0 Å². The number of amides is 1. The molecule has 1 aromatic heterocycles. The first-order valence-electron chi connectivity index (χ1n) is 6.73. The Morgan fingerprint density at radius 1 is 1.58 bits per heavy atom. The Morgan fingerprint density at radius 2 is 2.26 bits per heavy atom. The number of aromatic nitrogens is 2. The molecule has 0 radical (unpaired) electrons. The number of hydrogen-bond donors (Lipinski definition) is 2. The first kappa shape index (κ1) is 13.9. The molecule has 19 heavy (non-hydrogen) atoms. The molecule has 1 amide bonds. The molecule has 1 saturated heterocycles. The molecular weight excluding hydrogens is 244 g/mol. The highest BCUT2D eigenvalue weighted by molar-refractivity contribution is 5.97. The summed E-state index contributed by atoms with van der Waals surface area (Å²) in [7, 11) is 0. The van der Waals surface area contributed by atoms with Crippen molar-refractivity contribution in [1.82, 2.24) is 15.1 Å². The molecule has 3 N–H and O–H groups in total. The second kappa shape index (κ2) is 5.61. The van der Waals surface area contributed by atoms with E-state index in [0.717, 1.165) is 26.1 Å². The minimum Gasteiger partial charge on any atom is -0.396 e. The first-order valence-corrected chi connectivity index (χ1v) is 6.73. The van der Waals surface area contributed by atoms with Crippen molar-refractivity contribution in [3.8, 4) is 0 Å². The highest BCUT2D eigenvalue weighted by atomic mass is 16.5. The molecule has 6 nitrogen and oxygen atoms in total. The van der Waals surface area contributed by atoms with Crippen LogP contribution >= 0.6 is 0 Å². The third kappa shape index (κ3) is 3.26. The molecule has 0 aromatic carbocycles. The van der Waals surface area contributed by atoms with Crippen LogP contribution in [0.1, 0.15) is 37.2 Å². The molecule has 2 heterocycles. The molecule has 1 aromatic rings. The van der Waals surface area contributed by atoms with Gasteiger partial charge in [0.05, 0.1) is 5.69 Å². The highest BCUT2D eigenvalue weighted by Gasteiger charge is 2.28. The van der Waals surface area contributed by atoms with E-state index >= 15 is 0 Å². The zero-order chi connectivity index (χ0) is 13.9. The summed E-state index contributed by atoms with van der Waals surface area (Å²) in [6, 6.07) is 0. The molecule has 1 aliphatic heterocycles. The van der Waals surface area contributed by atoms with Crippen molar-refractivity contribution in [2.75, 3.05) is 25.5 Å². The summed E-state index contributed by atoms with van der Waals surface area (Å²) in [5.41, 5.74) is 6.65. The minimum atomic E-state index is -0.197. The Morgan fingerprint density at radius 3 is 2.84 bits per heavy atom. The van der Waals surface area contributed by atoms with Gasteiger partial charge in [0.2, 0.25) is 0 Å². The molecule has 0 spiro atoms. The first-order chi connectivity index (χ1) is 9.04. The van der Waals surface area contributed by atoms with E-state index in [2.05, 4.69) is 17.3 Å². The van der Waals surface area contributed by atoms with Crippen molar-refractivity contribution >= 4 is 11.6 Å². The van der Waals surface area contributed by atoms with Crippen LogP contribution in [0.15, 0.2) is 6.20 Å². The lowest BCUT2D eigenvalue weighted by molar-refractivity contribution is 0.0238. The van der Waals surface area contributed by atoms with Gasteiger partial charge in [0.1, 0.15) is 0 Å². The van der Waals surface area contributed by atoms with Crippen molar-refractivity contribution in [1.29, 1.82) is 0 Å². The van der Waals surface area contributed by atoms with E-state index in [-0.39, 0.29) is 11.3 Å². The van der Waals surface area contributed by atoms with E-state index in [4.69, 9.17) is 10.5 Å². The fraction of sp³-hybridized carbons (Fsp3) is 0.692. The average Bonchev–Trinajstić information content (AvgIpc) is 2.78. The number of rotatable bonds is 4. The second-order valence-corrected chi connectivity index (χ2v) is 5.39.